The number of halogens is 1. The Bertz CT molecular complexity index is 518. The van der Waals surface area contributed by atoms with E-state index in [0.717, 1.165) is 44.2 Å². The van der Waals surface area contributed by atoms with E-state index < -0.39 is 0 Å². The molecule has 2 heterocycles. The molecular formula is C16H22ClN3O. The van der Waals surface area contributed by atoms with E-state index in [1.807, 2.05) is 23.1 Å². The molecule has 2 fully saturated rings. The first-order valence-electron chi connectivity index (χ1n) is 7.66. The number of hydrogen-bond donors (Lipinski definition) is 0. The molecule has 0 aliphatic carbocycles. The summed E-state index contributed by atoms with van der Waals surface area (Å²) in [5.74, 6) is 0.282. The number of anilines is 1. The smallest absolute Gasteiger partial charge is 0.236 e. The summed E-state index contributed by atoms with van der Waals surface area (Å²) in [5.41, 5.74) is 1.17. The molecule has 2 aliphatic rings. The van der Waals surface area contributed by atoms with E-state index >= 15 is 0 Å². The summed E-state index contributed by atoms with van der Waals surface area (Å²) in [5, 5.41) is 0.774. The molecule has 0 saturated carbocycles. The van der Waals surface area contributed by atoms with Gasteiger partial charge in [-0.2, -0.15) is 0 Å². The lowest BCUT2D eigenvalue weighted by Gasteiger charge is -2.42. The predicted molar refractivity (Wildman–Crippen MR) is 85.9 cm³/mol. The van der Waals surface area contributed by atoms with Crippen molar-refractivity contribution in [2.75, 3.05) is 44.2 Å². The van der Waals surface area contributed by atoms with Crippen molar-refractivity contribution in [2.45, 2.75) is 19.4 Å². The number of amides is 1. The second kappa shape index (κ2) is 6.24. The molecule has 0 bridgehead atoms. The van der Waals surface area contributed by atoms with Gasteiger partial charge in [0.15, 0.2) is 0 Å². The highest BCUT2D eigenvalue weighted by Crippen LogP contribution is 2.22. The molecule has 2 aliphatic heterocycles. The summed E-state index contributed by atoms with van der Waals surface area (Å²) in [6.45, 7) is 7.44. The maximum absolute atomic E-state index is 12.1. The monoisotopic (exact) mass is 307 g/mol. The largest absolute Gasteiger partial charge is 0.369 e. The molecule has 4 nitrogen and oxygen atoms in total. The van der Waals surface area contributed by atoms with Crippen molar-refractivity contribution in [3.63, 3.8) is 0 Å². The van der Waals surface area contributed by atoms with Crippen LogP contribution < -0.4 is 4.90 Å². The summed E-state index contributed by atoms with van der Waals surface area (Å²) in [6, 6.07) is 8.37. The van der Waals surface area contributed by atoms with Crippen LogP contribution in [-0.2, 0) is 4.79 Å². The minimum atomic E-state index is 0.282. The molecule has 21 heavy (non-hydrogen) atoms. The highest BCUT2D eigenvalue weighted by Gasteiger charge is 2.28. The van der Waals surface area contributed by atoms with Crippen molar-refractivity contribution in [1.29, 1.82) is 0 Å². The van der Waals surface area contributed by atoms with E-state index in [1.165, 1.54) is 5.69 Å². The predicted octanol–water partition coefficient (Wildman–Crippen LogP) is 2.08. The molecule has 0 unspecified atom stereocenters. The molecule has 0 N–H and O–H groups in total. The topological polar surface area (TPSA) is 26.8 Å². The molecule has 5 heteroatoms. The average Bonchev–Trinajstić information content (AvgIpc) is 2.39. The first-order valence-corrected chi connectivity index (χ1v) is 8.03. The van der Waals surface area contributed by atoms with Crippen LogP contribution in [0.4, 0.5) is 5.69 Å². The van der Waals surface area contributed by atoms with Crippen molar-refractivity contribution in [2.24, 2.45) is 0 Å². The average molecular weight is 308 g/mol. The molecule has 3 rings (SSSR count). The van der Waals surface area contributed by atoms with Gasteiger partial charge in [-0.1, -0.05) is 17.7 Å². The summed E-state index contributed by atoms with van der Waals surface area (Å²) in [6.07, 6.45) is 1.16. The quantitative estimate of drug-likeness (QED) is 0.855. The maximum Gasteiger partial charge on any atom is 0.236 e. The lowest BCUT2D eigenvalue weighted by Crippen LogP contribution is -2.56. The van der Waals surface area contributed by atoms with Gasteiger partial charge in [0.25, 0.3) is 0 Å². The number of hydrogen-bond acceptors (Lipinski definition) is 3. The minimum Gasteiger partial charge on any atom is -0.369 e. The Balaban J connectivity index is 1.57. The molecule has 0 aromatic heterocycles. The van der Waals surface area contributed by atoms with Gasteiger partial charge in [-0.05, 0) is 31.5 Å². The van der Waals surface area contributed by atoms with E-state index in [-0.39, 0.29) is 5.91 Å². The fourth-order valence-electron chi connectivity index (χ4n) is 2.98. The molecule has 2 saturated heterocycles. The highest BCUT2D eigenvalue weighted by atomic mass is 35.5. The molecule has 114 valence electrons. The van der Waals surface area contributed by atoms with Gasteiger partial charge in [-0.25, -0.2) is 0 Å². The fraction of sp³-hybridized carbons (Fsp3) is 0.562. The first kappa shape index (κ1) is 14.7. The van der Waals surface area contributed by atoms with Crippen molar-refractivity contribution < 1.29 is 4.79 Å². The standard InChI is InChI=1S/C16H22ClN3O/c1-13-11-20(15-5-2-4-14(17)10-15)9-8-19(13)12-16(21)18-6-3-7-18/h2,4-5,10,13H,3,6-9,11-12H2,1H3/t13-/m1/s1. The van der Waals surface area contributed by atoms with Crippen molar-refractivity contribution in [1.82, 2.24) is 9.80 Å². The molecular weight excluding hydrogens is 286 g/mol. The van der Waals surface area contributed by atoms with E-state index in [9.17, 15) is 4.79 Å². The molecule has 0 radical (unpaired) electrons. The molecule has 1 aromatic rings. The molecule has 1 atom stereocenters. The van der Waals surface area contributed by atoms with Crippen LogP contribution in [0, 0.1) is 0 Å². The number of carbonyl (C=O) groups is 1. The zero-order valence-corrected chi connectivity index (χ0v) is 13.2. The Labute approximate surface area is 131 Å². The maximum atomic E-state index is 12.1. The molecule has 1 aromatic carbocycles. The second-order valence-corrected chi connectivity index (χ2v) is 6.42. The highest BCUT2D eigenvalue weighted by molar-refractivity contribution is 6.30. The summed E-state index contributed by atoms with van der Waals surface area (Å²) in [7, 11) is 0. The van der Waals surface area contributed by atoms with Gasteiger partial charge >= 0.3 is 0 Å². The third-order valence-electron chi connectivity index (χ3n) is 4.49. The van der Waals surface area contributed by atoms with Crippen LogP contribution in [0.5, 0.6) is 0 Å². The number of carbonyl (C=O) groups excluding carboxylic acids is 1. The number of piperazine rings is 1. The van der Waals surface area contributed by atoms with E-state index in [2.05, 4.69) is 22.8 Å². The van der Waals surface area contributed by atoms with Crippen LogP contribution >= 0.6 is 11.6 Å². The number of nitrogens with zero attached hydrogens (tertiary/aromatic N) is 3. The Morgan fingerprint density at radius 2 is 2.10 bits per heavy atom. The number of likely N-dealkylation sites (tertiary alicyclic amines) is 1. The fourth-order valence-corrected chi connectivity index (χ4v) is 3.16. The zero-order chi connectivity index (χ0) is 14.8. The van der Waals surface area contributed by atoms with Crippen LogP contribution in [-0.4, -0.2) is 61.0 Å². The van der Waals surface area contributed by atoms with Crippen LogP contribution in [0.2, 0.25) is 5.02 Å². The number of benzene rings is 1. The Hall–Kier alpha value is -1.26. The summed E-state index contributed by atoms with van der Waals surface area (Å²) >= 11 is 6.07. The van der Waals surface area contributed by atoms with Gasteiger partial charge < -0.3 is 9.80 Å². The van der Waals surface area contributed by atoms with Crippen LogP contribution in [0.3, 0.4) is 0 Å². The molecule has 1 amide bonds. The van der Waals surface area contributed by atoms with Crippen LogP contribution in [0.1, 0.15) is 13.3 Å². The third-order valence-corrected chi connectivity index (χ3v) is 4.72. The van der Waals surface area contributed by atoms with Crippen molar-refractivity contribution >= 4 is 23.2 Å². The lowest BCUT2D eigenvalue weighted by molar-refractivity contribution is -0.136. The SMILES string of the molecule is C[C@@H]1CN(c2cccc(Cl)c2)CCN1CC(=O)N1CCC1. The van der Waals surface area contributed by atoms with Gasteiger partial charge in [0.1, 0.15) is 0 Å². The Kier molecular flexibility index (Phi) is 4.36. The van der Waals surface area contributed by atoms with Gasteiger partial charge in [0.2, 0.25) is 5.91 Å². The number of rotatable bonds is 3. The summed E-state index contributed by atoms with van der Waals surface area (Å²) < 4.78 is 0. The van der Waals surface area contributed by atoms with Gasteiger partial charge in [-0.15, -0.1) is 0 Å². The van der Waals surface area contributed by atoms with Crippen molar-refractivity contribution in [3.05, 3.63) is 29.3 Å². The van der Waals surface area contributed by atoms with Crippen LogP contribution in [0.25, 0.3) is 0 Å². The van der Waals surface area contributed by atoms with Gasteiger partial charge in [0.05, 0.1) is 6.54 Å². The third kappa shape index (κ3) is 3.33. The van der Waals surface area contributed by atoms with Gasteiger partial charge in [0, 0.05) is 49.5 Å². The zero-order valence-electron chi connectivity index (χ0n) is 12.5. The van der Waals surface area contributed by atoms with Crippen molar-refractivity contribution in [3.8, 4) is 0 Å². The summed E-state index contributed by atoms with van der Waals surface area (Å²) in [4.78, 5) is 18.7. The van der Waals surface area contributed by atoms with Crippen LogP contribution in [0.15, 0.2) is 24.3 Å². The normalized spacial score (nSPS) is 23.0. The lowest BCUT2D eigenvalue weighted by atomic mass is 10.1. The van der Waals surface area contributed by atoms with E-state index in [0.29, 0.717) is 12.6 Å². The van der Waals surface area contributed by atoms with E-state index in [4.69, 9.17) is 11.6 Å². The van der Waals surface area contributed by atoms with E-state index in [1.54, 1.807) is 0 Å². The van der Waals surface area contributed by atoms with Gasteiger partial charge in [-0.3, -0.25) is 9.69 Å². The first-order chi connectivity index (χ1) is 10.1. The second-order valence-electron chi connectivity index (χ2n) is 5.98. The minimum absolute atomic E-state index is 0.282. The Morgan fingerprint density at radius 3 is 2.71 bits per heavy atom. The Morgan fingerprint density at radius 1 is 1.29 bits per heavy atom. The molecule has 0 spiro atoms.